The number of carbonyl (C=O) groups excluding carboxylic acids is 3. The first-order valence-electron chi connectivity index (χ1n) is 18.5. The lowest BCUT2D eigenvalue weighted by atomic mass is 9.79. The molecule has 4 aliphatic rings. The van der Waals surface area contributed by atoms with E-state index in [1.807, 2.05) is 28.0 Å². The summed E-state index contributed by atoms with van der Waals surface area (Å²) in [5, 5.41) is 6.58. The van der Waals surface area contributed by atoms with Gasteiger partial charge in [-0.3, -0.25) is 9.59 Å². The van der Waals surface area contributed by atoms with Gasteiger partial charge < -0.3 is 25.3 Å². The normalized spacial score (nSPS) is 20.8. The lowest BCUT2D eigenvalue weighted by Gasteiger charge is -2.40. The molecule has 6 rings (SSSR count). The number of likely N-dealkylation sites (tertiary alicyclic amines) is 2. The number of carbonyl (C=O) groups is 3. The Hall–Kier alpha value is -3.39. The summed E-state index contributed by atoms with van der Waals surface area (Å²) >= 11 is 0. The van der Waals surface area contributed by atoms with E-state index < -0.39 is 0 Å². The molecule has 3 fully saturated rings. The minimum Gasteiger partial charge on any atom is -0.343 e. The summed E-state index contributed by atoms with van der Waals surface area (Å²) in [5.41, 5.74) is 5.92. The Kier molecular flexibility index (Phi) is 11.2. The van der Waals surface area contributed by atoms with E-state index in [1.165, 1.54) is 24.0 Å². The number of piperidine rings is 3. The molecule has 2 aromatic rings. The van der Waals surface area contributed by atoms with Crippen molar-refractivity contribution in [3.63, 3.8) is 0 Å². The third-order valence-electron chi connectivity index (χ3n) is 11.6. The summed E-state index contributed by atoms with van der Waals surface area (Å²) in [6, 6.07) is 14.7. The molecule has 0 unspecified atom stereocenters. The highest BCUT2D eigenvalue weighted by Crippen LogP contribution is 2.32. The second kappa shape index (κ2) is 15.7. The molecule has 8 heteroatoms. The van der Waals surface area contributed by atoms with Gasteiger partial charge >= 0.3 is 6.03 Å². The summed E-state index contributed by atoms with van der Waals surface area (Å²) in [7, 11) is 0. The van der Waals surface area contributed by atoms with Crippen LogP contribution in [0.2, 0.25) is 0 Å². The number of amides is 4. The Bertz CT molecular complexity index is 1390. The molecule has 2 N–H and O–H groups in total. The van der Waals surface area contributed by atoms with Gasteiger partial charge in [-0.2, -0.15) is 0 Å². The molecule has 47 heavy (non-hydrogen) atoms. The number of nitrogens with one attached hydrogen (secondary N) is 2. The summed E-state index contributed by atoms with van der Waals surface area (Å²) in [6.07, 6.45) is 9.79. The molecule has 4 amide bonds. The molecule has 0 aromatic heterocycles. The second-order valence-corrected chi connectivity index (χ2v) is 14.3. The van der Waals surface area contributed by atoms with Gasteiger partial charge in [0.15, 0.2) is 0 Å². The Morgan fingerprint density at radius 1 is 0.809 bits per heavy atom. The number of fused-ring (bicyclic) bond motifs is 1. The zero-order valence-electron chi connectivity index (χ0n) is 28.6. The van der Waals surface area contributed by atoms with E-state index in [1.54, 1.807) is 0 Å². The van der Waals surface area contributed by atoms with Gasteiger partial charge in [-0.25, -0.2) is 4.79 Å². The monoisotopic (exact) mass is 641 g/mol. The van der Waals surface area contributed by atoms with E-state index in [4.69, 9.17) is 0 Å². The molecule has 0 spiro atoms. The number of rotatable bonds is 9. The molecule has 0 aliphatic carbocycles. The van der Waals surface area contributed by atoms with Gasteiger partial charge in [0.25, 0.3) is 0 Å². The van der Waals surface area contributed by atoms with Crippen molar-refractivity contribution >= 4 is 23.5 Å². The van der Waals surface area contributed by atoms with Crippen LogP contribution >= 0.6 is 0 Å². The first-order chi connectivity index (χ1) is 22.9. The number of aryl methyl sites for hydroxylation is 2. The first-order valence-corrected chi connectivity index (χ1v) is 18.5. The van der Waals surface area contributed by atoms with Crippen LogP contribution in [0.3, 0.4) is 0 Å². The summed E-state index contributed by atoms with van der Waals surface area (Å²) in [5.74, 6) is 1.34. The smallest absolute Gasteiger partial charge is 0.322 e. The van der Waals surface area contributed by atoms with Crippen LogP contribution in [0.4, 0.5) is 10.5 Å². The van der Waals surface area contributed by atoms with Crippen molar-refractivity contribution in [2.45, 2.75) is 90.5 Å². The molecule has 0 radical (unpaired) electrons. The van der Waals surface area contributed by atoms with Crippen LogP contribution in [0.25, 0.3) is 0 Å². The Balaban J connectivity index is 1.09. The molecule has 3 saturated heterocycles. The van der Waals surface area contributed by atoms with Crippen molar-refractivity contribution < 1.29 is 14.4 Å². The van der Waals surface area contributed by atoms with Gasteiger partial charge in [0.1, 0.15) is 0 Å². The number of urea groups is 1. The third-order valence-corrected chi connectivity index (χ3v) is 11.6. The topological polar surface area (TPSA) is 85.0 Å². The van der Waals surface area contributed by atoms with E-state index in [9.17, 15) is 14.4 Å². The molecule has 0 saturated carbocycles. The average Bonchev–Trinajstić information content (AvgIpc) is 3.29. The fourth-order valence-corrected chi connectivity index (χ4v) is 8.68. The zero-order chi connectivity index (χ0) is 32.8. The van der Waals surface area contributed by atoms with Crippen LogP contribution in [0.15, 0.2) is 42.5 Å². The summed E-state index contributed by atoms with van der Waals surface area (Å²) in [4.78, 5) is 47.2. The van der Waals surface area contributed by atoms with Gasteiger partial charge in [-0.15, -0.1) is 0 Å². The lowest BCUT2D eigenvalue weighted by Crippen LogP contribution is -2.50. The van der Waals surface area contributed by atoms with Crippen molar-refractivity contribution in [3.8, 4) is 0 Å². The minimum absolute atomic E-state index is 0.0464. The van der Waals surface area contributed by atoms with Crippen molar-refractivity contribution in [2.75, 3.05) is 51.1 Å². The quantitative estimate of drug-likeness (QED) is 0.369. The maximum atomic E-state index is 14.2. The molecule has 4 heterocycles. The molecular formula is C39H55N5O3. The number of hydrogen-bond acceptors (Lipinski definition) is 4. The highest BCUT2D eigenvalue weighted by molar-refractivity contribution is 5.91. The van der Waals surface area contributed by atoms with E-state index in [-0.39, 0.29) is 36.2 Å². The maximum Gasteiger partial charge on any atom is 0.322 e. The van der Waals surface area contributed by atoms with Crippen molar-refractivity contribution in [3.05, 3.63) is 64.7 Å². The predicted octanol–water partition coefficient (Wildman–Crippen LogP) is 5.68. The van der Waals surface area contributed by atoms with Crippen LogP contribution < -0.4 is 10.6 Å². The zero-order valence-corrected chi connectivity index (χ0v) is 28.6. The predicted molar refractivity (Wildman–Crippen MR) is 187 cm³/mol. The average molecular weight is 642 g/mol. The highest BCUT2D eigenvalue weighted by Gasteiger charge is 2.36. The van der Waals surface area contributed by atoms with E-state index in [2.05, 4.69) is 53.6 Å². The van der Waals surface area contributed by atoms with Gasteiger partial charge in [-0.1, -0.05) is 50.2 Å². The highest BCUT2D eigenvalue weighted by atomic mass is 16.2. The third kappa shape index (κ3) is 8.02. The van der Waals surface area contributed by atoms with Gasteiger partial charge in [-0.05, 0) is 117 Å². The molecule has 0 bridgehead atoms. The molecule has 8 nitrogen and oxygen atoms in total. The summed E-state index contributed by atoms with van der Waals surface area (Å²) < 4.78 is 0. The molecular weight excluding hydrogens is 586 g/mol. The molecule has 4 aliphatic heterocycles. The van der Waals surface area contributed by atoms with Gasteiger partial charge in [0, 0.05) is 50.9 Å². The van der Waals surface area contributed by atoms with Crippen LogP contribution in [0.5, 0.6) is 0 Å². The molecule has 1 atom stereocenters. The maximum absolute atomic E-state index is 14.2. The Morgan fingerprint density at radius 2 is 1.49 bits per heavy atom. The number of para-hydroxylation sites is 1. The first kappa shape index (κ1) is 33.5. The fraction of sp³-hybridized carbons (Fsp3) is 0.615. The Morgan fingerprint density at radius 3 is 2.21 bits per heavy atom. The standard InChI is InChI=1S/C39H55N5O3/c1-3-29-10-9-28(25-30(29)4-2)26-34(38(46)43-20-13-32(14-21-43)31-11-18-40-19-12-31)27-37(45)42-22-16-35(17-23-42)44-24-15-33-7-5-6-8-36(33)41-39(44)47/h5-10,25,31-32,34-35,40H,3-4,11-24,26-27H2,1-2H3,(H,41,47)/t34-/m0/s1. The van der Waals surface area contributed by atoms with Gasteiger partial charge in [0.2, 0.25) is 11.8 Å². The SMILES string of the molecule is CCc1ccc(C[C@@H](CC(=O)N2CCC(N3CCc4ccccc4NC3=O)CC2)C(=O)N2CCC(C3CCNCC3)CC2)cc1CC. The van der Waals surface area contributed by atoms with E-state index in [0.29, 0.717) is 32.0 Å². The lowest BCUT2D eigenvalue weighted by molar-refractivity contribution is -0.143. The number of benzene rings is 2. The number of anilines is 1. The Labute approximate surface area is 281 Å². The van der Waals surface area contributed by atoms with Crippen molar-refractivity contribution in [1.82, 2.24) is 20.0 Å². The summed E-state index contributed by atoms with van der Waals surface area (Å²) in [6.45, 7) is 10.1. The fourth-order valence-electron chi connectivity index (χ4n) is 8.68. The number of hydrogen-bond donors (Lipinski definition) is 2. The van der Waals surface area contributed by atoms with E-state index >= 15 is 0 Å². The molecule has 254 valence electrons. The van der Waals surface area contributed by atoms with Crippen LogP contribution in [0, 0.1) is 17.8 Å². The molecule has 2 aromatic carbocycles. The van der Waals surface area contributed by atoms with E-state index in [0.717, 1.165) is 93.9 Å². The van der Waals surface area contributed by atoms with Crippen molar-refractivity contribution in [1.29, 1.82) is 0 Å². The van der Waals surface area contributed by atoms with Crippen LogP contribution in [-0.2, 0) is 35.3 Å². The van der Waals surface area contributed by atoms with Gasteiger partial charge in [0.05, 0.1) is 5.92 Å². The second-order valence-electron chi connectivity index (χ2n) is 14.3. The van der Waals surface area contributed by atoms with Crippen LogP contribution in [-0.4, -0.2) is 84.4 Å². The largest absolute Gasteiger partial charge is 0.343 e. The van der Waals surface area contributed by atoms with Crippen molar-refractivity contribution in [2.24, 2.45) is 17.8 Å². The minimum atomic E-state index is -0.359. The van der Waals surface area contributed by atoms with Crippen LogP contribution in [0.1, 0.15) is 81.0 Å². The number of nitrogens with zero attached hydrogens (tertiary/aromatic N) is 3.